The maximum atomic E-state index is 4.25. The van der Waals surface area contributed by atoms with Crippen LogP contribution >= 0.6 is 0 Å². The molecule has 0 aromatic carbocycles. The van der Waals surface area contributed by atoms with Crippen LogP contribution in [0.2, 0.25) is 0 Å². The minimum Gasteiger partial charge on any atom is -0.371 e. The molecule has 0 fully saturated rings. The quantitative estimate of drug-likeness (QED) is 0.767. The highest BCUT2D eigenvalue weighted by Crippen LogP contribution is 2.21. The molecule has 1 aromatic rings. The molecule has 0 bridgehead atoms. The molecule has 1 unspecified atom stereocenters. The number of nitrogens with zero attached hydrogens (tertiary/aromatic N) is 2. The minimum absolute atomic E-state index is 0.727. The highest BCUT2D eigenvalue weighted by Gasteiger charge is 2.11. The summed E-state index contributed by atoms with van der Waals surface area (Å²) in [6.07, 6.45) is 5.10. The van der Waals surface area contributed by atoms with Crippen LogP contribution in [0, 0.1) is 5.92 Å². The maximum absolute atomic E-state index is 4.25. The number of nitrogens with one attached hydrogen (secondary N) is 1. The first-order valence-corrected chi connectivity index (χ1v) is 7.11. The Morgan fingerprint density at radius 2 is 2.11 bits per heavy atom. The Morgan fingerprint density at radius 3 is 2.72 bits per heavy atom. The molecule has 102 valence electrons. The maximum Gasteiger partial charge on any atom is 0.0442 e. The fourth-order valence-electron chi connectivity index (χ4n) is 2.03. The smallest absolute Gasteiger partial charge is 0.0442 e. The van der Waals surface area contributed by atoms with E-state index in [4.69, 9.17) is 0 Å². The molecular weight excluding hydrogens is 222 g/mol. The van der Waals surface area contributed by atoms with Gasteiger partial charge in [0.15, 0.2) is 0 Å². The summed E-state index contributed by atoms with van der Waals surface area (Å²) in [7, 11) is 0. The summed E-state index contributed by atoms with van der Waals surface area (Å²) < 4.78 is 0. The minimum atomic E-state index is 0.727. The molecule has 0 spiro atoms. The van der Waals surface area contributed by atoms with Crippen molar-refractivity contribution in [2.75, 3.05) is 24.5 Å². The Bertz CT molecular complexity index is 338. The van der Waals surface area contributed by atoms with Gasteiger partial charge in [0.05, 0.1) is 0 Å². The fourth-order valence-corrected chi connectivity index (χ4v) is 2.03. The molecule has 18 heavy (non-hydrogen) atoms. The lowest BCUT2D eigenvalue weighted by Gasteiger charge is -2.28. The van der Waals surface area contributed by atoms with Gasteiger partial charge in [-0.25, -0.2) is 0 Å². The van der Waals surface area contributed by atoms with Gasteiger partial charge in [-0.05, 0) is 25.5 Å². The molecule has 0 aliphatic carbocycles. The van der Waals surface area contributed by atoms with Gasteiger partial charge in [-0.1, -0.05) is 27.2 Å². The number of hydrogen-bond acceptors (Lipinski definition) is 3. The van der Waals surface area contributed by atoms with E-state index in [1.165, 1.54) is 17.7 Å². The molecular formula is C15H27N3. The topological polar surface area (TPSA) is 28.2 Å². The summed E-state index contributed by atoms with van der Waals surface area (Å²) in [5.41, 5.74) is 2.62. The second-order valence-corrected chi connectivity index (χ2v) is 4.84. The lowest BCUT2D eigenvalue weighted by atomic mass is 10.1. The molecule has 1 rings (SSSR count). The first kappa shape index (κ1) is 15.0. The third-order valence-electron chi connectivity index (χ3n) is 3.39. The Kier molecular flexibility index (Phi) is 6.73. The van der Waals surface area contributed by atoms with E-state index in [1.807, 2.05) is 12.4 Å². The molecule has 0 aliphatic rings. The van der Waals surface area contributed by atoms with Crippen molar-refractivity contribution in [3.05, 3.63) is 24.0 Å². The lowest BCUT2D eigenvalue weighted by molar-refractivity contribution is 0.546. The first-order chi connectivity index (χ1) is 8.72. The van der Waals surface area contributed by atoms with Gasteiger partial charge in [0.25, 0.3) is 0 Å². The van der Waals surface area contributed by atoms with Gasteiger partial charge in [0.2, 0.25) is 0 Å². The molecule has 1 atom stereocenters. The molecule has 0 amide bonds. The Hall–Kier alpha value is -1.09. The number of hydrogen-bond donors (Lipinski definition) is 1. The SMILES string of the molecule is CCNCc1cnccc1N(CC)CC(C)CC. The van der Waals surface area contributed by atoms with Crippen molar-refractivity contribution in [2.24, 2.45) is 5.92 Å². The summed E-state index contributed by atoms with van der Waals surface area (Å²) in [5.74, 6) is 0.727. The zero-order chi connectivity index (χ0) is 13.4. The number of pyridine rings is 1. The molecule has 1 N–H and O–H groups in total. The van der Waals surface area contributed by atoms with E-state index in [0.717, 1.165) is 32.1 Å². The average molecular weight is 249 g/mol. The second kappa shape index (κ2) is 8.09. The molecule has 0 saturated heterocycles. The normalized spacial score (nSPS) is 12.4. The van der Waals surface area contributed by atoms with Crippen LogP contribution in [0.15, 0.2) is 18.5 Å². The Morgan fingerprint density at radius 1 is 1.33 bits per heavy atom. The van der Waals surface area contributed by atoms with Crippen molar-refractivity contribution in [1.82, 2.24) is 10.3 Å². The standard InChI is InChI=1S/C15H27N3/c1-5-13(4)12-18(7-3)15-8-9-17-11-14(15)10-16-6-2/h8-9,11,13,16H,5-7,10,12H2,1-4H3. The third kappa shape index (κ3) is 4.30. The number of aromatic nitrogens is 1. The monoisotopic (exact) mass is 249 g/mol. The third-order valence-corrected chi connectivity index (χ3v) is 3.39. The van der Waals surface area contributed by atoms with Crippen molar-refractivity contribution in [2.45, 2.75) is 40.7 Å². The van der Waals surface area contributed by atoms with Gasteiger partial charge in [-0.3, -0.25) is 4.98 Å². The zero-order valence-corrected chi connectivity index (χ0v) is 12.2. The van der Waals surface area contributed by atoms with Crippen LogP contribution in [0.3, 0.4) is 0 Å². The van der Waals surface area contributed by atoms with Gasteiger partial charge >= 0.3 is 0 Å². The zero-order valence-electron chi connectivity index (χ0n) is 12.2. The summed E-state index contributed by atoms with van der Waals surface area (Å²) in [6, 6.07) is 2.14. The van der Waals surface area contributed by atoms with E-state index < -0.39 is 0 Å². The predicted octanol–water partition coefficient (Wildman–Crippen LogP) is 3.06. The van der Waals surface area contributed by atoms with Gasteiger partial charge in [-0.2, -0.15) is 0 Å². The van der Waals surface area contributed by atoms with Crippen LogP contribution in [-0.4, -0.2) is 24.6 Å². The van der Waals surface area contributed by atoms with Crippen LogP contribution in [-0.2, 0) is 6.54 Å². The van der Waals surface area contributed by atoms with Crippen molar-refractivity contribution in [1.29, 1.82) is 0 Å². The predicted molar refractivity (Wildman–Crippen MR) is 79.0 cm³/mol. The summed E-state index contributed by atoms with van der Waals surface area (Å²) in [5, 5.41) is 3.38. The van der Waals surface area contributed by atoms with Crippen molar-refractivity contribution >= 4 is 5.69 Å². The average Bonchev–Trinajstić information content (AvgIpc) is 2.42. The van der Waals surface area contributed by atoms with Crippen LogP contribution in [0.1, 0.15) is 39.7 Å². The summed E-state index contributed by atoms with van der Waals surface area (Å²) >= 11 is 0. The Labute approximate surface area is 112 Å². The highest BCUT2D eigenvalue weighted by atomic mass is 15.1. The number of rotatable bonds is 8. The summed E-state index contributed by atoms with van der Waals surface area (Å²) in [4.78, 5) is 6.71. The largest absolute Gasteiger partial charge is 0.371 e. The molecule has 3 heteroatoms. The first-order valence-electron chi connectivity index (χ1n) is 7.11. The van der Waals surface area contributed by atoms with Gasteiger partial charge in [0.1, 0.15) is 0 Å². The molecule has 1 aromatic heterocycles. The number of anilines is 1. The van der Waals surface area contributed by atoms with Gasteiger partial charge in [-0.15, -0.1) is 0 Å². The van der Waals surface area contributed by atoms with Crippen molar-refractivity contribution < 1.29 is 0 Å². The van der Waals surface area contributed by atoms with Gasteiger partial charge < -0.3 is 10.2 Å². The molecule has 3 nitrogen and oxygen atoms in total. The Balaban J connectivity index is 2.83. The van der Waals surface area contributed by atoms with Crippen LogP contribution in [0.25, 0.3) is 0 Å². The highest BCUT2D eigenvalue weighted by molar-refractivity contribution is 5.52. The molecule has 0 saturated carbocycles. The van der Waals surface area contributed by atoms with Gasteiger partial charge in [0, 0.05) is 43.3 Å². The molecule has 0 radical (unpaired) electrons. The van der Waals surface area contributed by atoms with E-state index in [2.05, 4.69) is 49.0 Å². The van der Waals surface area contributed by atoms with E-state index in [1.54, 1.807) is 0 Å². The van der Waals surface area contributed by atoms with E-state index in [-0.39, 0.29) is 0 Å². The molecule has 0 aliphatic heterocycles. The van der Waals surface area contributed by atoms with E-state index in [0.29, 0.717) is 0 Å². The lowest BCUT2D eigenvalue weighted by Crippen LogP contribution is -2.29. The summed E-state index contributed by atoms with van der Waals surface area (Å²) in [6.45, 7) is 13.0. The van der Waals surface area contributed by atoms with Crippen molar-refractivity contribution in [3.63, 3.8) is 0 Å². The van der Waals surface area contributed by atoms with Crippen LogP contribution in [0.5, 0.6) is 0 Å². The van der Waals surface area contributed by atoms with E-state index >= 15 is 0 Å². The fraction of sp³-hybridized carbons (Fsp3) is 0.667. The second-order valence-electron chi connectivity index (χ2n) is 4.84. The van der Waals surface area contributed by atoms with Crippen LogP contribution < -0.4 is 10.2 Å². The van der Waals surface area contributed by atoms with E-state index in [9.17, 15) is 0 Å². The van der Waals surface area contributed by atoms with Crippen molar-refractivity contribution in [3.8, 4) is 0 Å². The molecule has 1 heterocycles. The van der Waals surface area contributed by atoms with Crippen LogP contribution in [0.4, 0.5) is 5.69 Å².